The molecule has 0 unspecified atom stereocenters. The minimum Gasteiger partial charge on any atom is -0.507 e. The summed E-state index contributed by atoms with van der Waals surface area (Å²) in [6.07, 6.45) is 0.809. The topological polar surface area (TPSA) is 97.8 Å². The Morgan fingerprint density at radius 2 is 2.36 bits per heavy atom. The Bertz CT molecular complexity index is 827. The molecule has 134 valence electrons. The molecule has 9 heteroatoms. The number of hydroxylamine groups is 2. The number of carboxylic acids is 1. The Kier molecular flexibility index (Phi) is 4.67. The number of aromatic nitrogens is 1. The zero-order valence-electron chi connectivity index (χ0n) is 13.3. The first-order chi connectivity index (χ1) is 12.0. The van der Waals surface area contributed by atoms with Crippen molar-refractivity contribution in [3.8, 4) is 5.75 Å². The van der Waals surface area contributed by atoms with Crippen LogP contribution in [0.1, 0.15) is 17.3 Å². The minimum atomic E-state index is -0.872. The number of benzene rings is 1. The number of phenols is 1. The summed E-state index contributed by atoms with van der Waals surface area (Å²) in [5, 5.41) is 25.2. The van der Waals surface area contributed by atoms with Gasteiger partial charge in [0.25, 0.3) is 0 Å². The van der Waals surface area contributed by atoms with Crippen LogP contribution in [0.15, 0.2) is 16.6 Å². The monoisotopic (exact) mass is 427 g/mol. The van der Waals surface area contributed by atoms with Gasteiger partial charge in [0.2, 0.25) is 0 Å². The summed E-state index contributed by atoms with van der Waals surface area (Å²) in [7, 11) is 0. The molecule has 1 saturated heterocycles. The number of aromatic hydroxyl groups is 1. The molecule has 2 aliphatic rings. The highest BCUT2D eigenvalue weighted by molar-refractivity contribution is 9.10. The molecule has 0 radical (unpaired) electrons. The van der Waals surface area contributed by atoms with Gasteiger partial charge in [-0.3, -0.25) is 9.63 Å². The van der Waals surface area contributed by atoms with Crippen molar-refractivity contribution in [3.63, 3.8) is 0 Å². The second kappa shape index (κ2) is 6.81. The van der Waals surface area contributed by atoms with Crippen LogP contribution in [0, 0.1) is 0 Å². The number of phenolic OH excluding ortho intramolecular Hbond substituents is 1. The number of nitrogens with one attached hydrogen (secondary N) is 2. The highest BCUT2D eigenvalue weighted by Gasteiger charge is 2.38. The molecule has 0 amide bonds. The fourth-order valence-electron chi connectivity index (χ4n) is 3.61. The van der Waals surface area contributed by atoms with Crippen LogP contribution in [0.3, 0.4) is 0 Å². The molecule has 4 N–H and O–H groups in total. The van der Waals surface area contributed by atoms with Gasteiger partial charge in [-0.05, 0) is 40.0 Å². The number of hydrogen-bond donors (Lipinski definition) is 4. The number of aromatic amines is 1. The standard InChI is InChI=1S/C16H18BrN3O4S/c17-10-4-11-9(3-13(10)21)8-1-2-20-16(15(8)19-11)12(6-25-7-24-20)18-5-14(22)23/h3-4,12,16,18-19,21H,1-2,5-7H2,(H,22,23)/t12-,16+/m1/s1. The van der Waals surface area contributed by atoms with E-state index in [9.17, 15) is 9.90 Å². The van der Waals surface area contributed by atoms with Crippen molar-refractivity contribution in [2.45, 2.75) is 18.5 Å². The van der Waals surface area contributed by atoms with Crippen LogP contribution in [-0.2, 0) is 16.1 Å². The Morgan fingerprint density at radius 3 is 3.16 bits per heavy atom. The smallest absolute Gasteiger partial charge is 0.317 e. The van der Waals surface area contributed by atoms with Crippen LogP contribution < -0.4 is 5.32 Å². The summed E-state index contributed by atoms with van der Waals surface area (Å²) >= 11 is 5.00. The Balaban J connectivity index is 1.78. The zero-order valence-corrected chi connectivity index (χ0v) is 15.7. The lowest BCUT2D eigenvalue weighted by Gasteiger charge is -2.37. The van der Waals surface area contributed by atoms with E-state index in [1.165, 1.54) is 0 Å². The number of aliphatic carboxylic acids is 1. The third-order valence-electron chi connectivity index (χ3n) is 4.69. The highest BCUT2D eigenvalue weighted by Crippen LogP contribution is 2.41. The first-order valence-corrected chi connectivity index (χ1v) is 9.95. The van der Waals surface area contributed by atoms with Crippen LogP contribution in [0.2, 0.25) is 0 Å². The van der Waals surface area contributed by atoms with Gasteiger partial charge in [-0.25, -0.2) is 0 Å². The fourth-order valence-corrected chi connectivity index (χ4v) is 4.82. The Hall–Kier alpha value is -1.26. The van der Waals surface area contributed by atoms with Crippen LogP contribution in [-0.4, -0.2) is 57.1 Å². The summed E-state index contributed by atoms with van der Waals surface area (Å²) in [5.74, 6) is 0.662. The minimum absolute atomic E-state index is 0.0484. The highest BCUT2D eigenvalue weighted by atomic mass is 79.9. The van der Waals surface area contributed by atoms with Crippen molar-refractivity contribution >= 4 is 44.6 Å². The quantitative estimate of drug-likeness (QED) is 0.595. The van der Waals surface area contributed by atoms with Gasteiger partial charge < -0.3 is 20.5 Å². The molecule has 0 saturated carbocycles. The molecule has 0 spiro atoms. The zero-order chi connectivity index (χ0) is 17.6. The van der Waals surface area contributed by atoms with Crippen LogP contribution in [0.4, 0.5) is 0 Å². The van der Waals surface area contributed by atoms with E-state index in [-0.39, 0.29) is 24.4 Å². The molecule has 3 heterocycles. The Labute approximate surface area is 156 Å². The van der Waals surface area contributed by atoms with E-state index in [1.54, 1.807) is 17.8 Å². The molecule has 25 heavy (non-hydrogen) atoms. The van der Waals surface area contributed by atoms with Crippen molar-refractivity contribution < 1.29 is 19.8 Å². The van der Waals surface area contributed by atoms with E-state index >= 15 is 0 Å². The number of halogens is 1. The number of thioether (sulfide) groups is 1. The molecule has 2 aromatic rings. The van der Waals surface area contributed by atoms with Gasteiger partial charge in [0, 0.05) is 34.9 Å². The molecular weight excluding hydrogens is 410 g/mol. The summed E-state index contributed by atoms with van der Waals surface area (Å²) in [5.41, 5.74) is 3.14. The van der Waals surface area contributed by atoms with Crippen molar-refractivity contribution in [2.75, 3.05) is 24.8 Å². The Morgan fingerprint density at radius 1 is 1.52 bits per heavy atom. The summed E-state index contributed by atoms with van der Waals surface area (Å²) in [4.78, 5) is 20.3. The van der Waals surface area contributed by atoms with Crippen molar-refractivity contribution in [1.82, 2.24) is 15.4 Å². The average molecular weight is 428 g/mol. The maximum Gasteiger partial charge on any atom is 0.317 e. The summed E-state index contributed by atoms with van der Waals surface area (Å²) in [6.45, 7) is 0.644. The molecule has 1 fully saturated rings. The molecule has 2 atom stereocenters. The van der Waals surface area contributed by atoms with Gasteiger partial charge in [0.15, 0.2) is 0 Å². The maximum absolute atomic E-state index is 11.0. The molecule has 7 nitrogen and oxygen atoms in total. The molecule has 0 bridgehead atoms. The average Bonchev–Trinajstić information content (AvgIpc) is 2.78. The number of hydrogen-bond acceptors (Lipinski definition) is 6. The van der Waals surface area contributed by atoms with Gasteiger partial charge >= 0.3 is 5.97 Å². The van der Waals surface area contributed by atoms with E-state index in [4.69, 9.17) is 9.94 Å². The SMILES string of the molecule is O=C(O)CN[C@@H]1CSCON2CCc3c([nH]c4cc(Br)c(O)cc34)[C@H]12. The largest absolute Gasteiger partial charge is 0.507 e. The molecule has 4 rings (SSSR count). The van der Waals surface area contributed by atoms with Gasteiger partial charge in [0.05, 0.1) is 17.1 Å². The van der Waals surface area contributed by atoms with E-state index in [1.807, 2.05) is 11.1 Å². The number of rotatable bonds is 3. The fraction of sp³-hybridized carbons (Fsp3) is 0.438. The third kappa shape index (κ3) is 3.15. The number of H-pyrrole nitrogens is 1. The summed E-state index contributed by atoms with van der Waals surface area (Å²) < 4.78 is 0.642. The van der Waals surface area contributed by atoms with Gasteiger partial charge in [0.1, 0.15) is 11.7 Å². The van der Waals surface area contributed by atoms with Crippen molar-refractivity contribution in [3.05, 3.63) is 27.9 Å². The van der Waals surface area contributed by atoms with Crippen LogP contribution >= 0.6 is 27.7 Å². The number of carboxylic acid groups (broad SMARTS) is 1. The predicted octanol–water partition coefficient (Wildman–Crippen LogP) is 2.21. The maximum atomic E-state index is 11.0. The molecule has 1 aromatic heterocycles. The van der Waals surface area contributed by atoms with E-state index in [0.29, 0.717) is 10.4 Å². The van der Waals surface area contributed by atoms with Gasteiger partial charge in [-0.15, -0.1) is 11.8 Å². The molecule has 1 aromatic carbocycles. The molecular formula is C16H18BrN3O4S. The molecule has 0 aliphatic carbocycles. The van der Waals surface area contributed by atoms with Crippen molar-refractivity contribution in [1.29, 1.82) is 0 Å². The van der Waals surface area contributed by atoms with E-state index in [2.05, 4.69) is 26.2 Å². The van der Waals surface area contributed by atoms with Crippen LogP contribution in [0.5, 0.6) is 5.75 Å². The van der Waals surface area contributed by atoms with Gasteiger partial charge in [-0.1, -0.05) is 0 Å². The second-order valence-electron chi connectivity index (χ2n) is 6.20. The predicted molar refractivity (Wildman–Crippen MR) is 98.7 cm³/mol. The molecule has 2 aliphatic heterocycles. The van der Waals surface area contributed by atoms with Crippen molar-refractivity contribution in [2.24, 2.45) is 0 Å². The first-order valence-electron chi connectivity index (χ1n) is 8.00. The lowest BCUT2D eigenvalue weighted by molar-refractivity contribution is -0.178. The van der Waals surface area contributed by atoms with Crippen LogP contribution in [0.25, 0.3) is 10.9 Å². The lowest BCUT2D eigenvalue weighted by atomic mass is 9.94. The third-order valence-corrected chi connectivity index (χ3v) is 6.19. The number of fused-ring (bicyclic) bond motifs is 5. The normalized spacial score (nSPS) is 23.9. The summed E-state index contributed by atoms with van der Waals surface area (Å²) in [6, 6.07) is 3.51. The van der Waals surface area contributed by atoms with E-state index in [0.717, 1.165) is 40.9 Å². The van der Waals surface area contributed by atoms with E-state index < -0.39 is 5.97 Å². The first kappa shape index (κ1) is 17.2. The lowest BCUT2D eigenvalue weighted by Crippen LogP contribution is -2.48. The van der Waals surface area contributed by atoms with Gasteiger partial charge in [-0.2, -0.15) is 5.06 Å². The number of carbonyl (C=O) groups is 1. The number of nitrogens with zero attached hydrogens (tertiary/aromatic N) is 1. The second-order valence-corrected chi connectivity index (χ2v) is 8.03.